The van der Waals surface area contributed by atoms with E-state index in [9.17, 15) is 4.39 Å². The largest absolute Gasteiger partial charge is 0.490 e. The number of aryl methyl sites for hydroxylation is 1. The van der Waals surface area contributed by atoms with Crippen LogP contribution in [0.3, 0.4) is 0 Å². The topological polar surface area (TPSA) is 18.5 Å². The minimum Gasteiger partial charge on any atom is -0.490 e. The predicted molar refractivity (Wildman–Crippen MR) is 80.9 cm³/mol. The lowest BCUT2D eigenvalue weighted by atomic mass is 10.0. The van der Waals surface area contributed by atoms with E-state index in [2.05, 4.69) is 0 Å². The van der Waals surface area contributed by atoms with E-state index < -0.39 is 5.38 Å². The van der Waals surface area contributed by atoms with Gasteiger partial charge >= 0.3 is 0 Å². The second-order valence-electron chi connectivity index (χ2n) is 5.13. The average Bonchev–Trinajstić information content (AvgIpc) is 2.73. The monoisotopic (exact) mass is 306 g/mol. The van der Waals surface area contributed by atoms with E-state index in [4.69, 9.17) is 21.1 Å². The Hall–Kier alpha value is -1.74. The van der Waals surface area contributed by atoms with Crippen molar-refractivity contribution in [3.63, 3.8) is 0 Å². The lowest BCUT2D eigenvalue weighted by molar-refractivity contribution is 0.297. The molecule has 0 aromatic heterocycles. The zero-order valence-corrected chi connectivity index (χ0v) is 12.5. The number of alkyl halides is 1. The van der Waals surface area contributed by atoms with Gasteiger partial charge in [-0.2, -0.15) is 0 Å². The maximum Gasteiger partial charge on any atom is 0.161 e. The van der Waals surface area contributed by atoms with Gasteiger partial charge in [-0.3, -0.25) is 0 Å². The summed E-state index contributed by atoms with van der Waals surface area (Å²) in [5.74, 6) is 1.19. The summed E-state index contributed by atoms with van der Waals surface area (Å²) in [5.41, 5.74) is 2.21. The molecule has 0 saturated carbocycles. The fraction of sp³-hybridized carbons (Fsp3) is 0.294. The molecule has 110 valence electrons. The highest BCUT2D eigenvalue weighted by atomic mass is 35.5. The fourth-order valence-corrected chi connectivity index (χ4v) is 2.57. The third-order valence-electron chi connectivity index (χ3n) is 3.55. The molecule has 2 aromatic rings. The highest BCUT2D eigenvalue weighted by molar-refractivity contribution is 6.22. The van der Waals surface area contributed by atoms with Gasteiger partial charge in [-0.25, -0.2) is 4.39 Å². The first-order valence-electron chi connectivity index (χ1n) is 6.95. The minimum atomic E-state index is -0.419. The highest BCUT2D eigenvalue weighted by Gasteiger charge is 2.17. The molecule has 4 heteroatoms. The van der Waals surface area contributed by atoms with Gasteiger partial charge in [0.15, 0.2) is 11.5 Å². The Balaban J connectivity index is 1.92. The van der Waals surface area contributed by atoms with Crippen LogP contribution in [0.15, 0.2) is 36.4 Å². The molecule has 0 radical (unpaired) electrons. The third-order valence-corrected chi connectivity index (χ3v) is 4.06. The Bertz CT molecular complexity index is 657. The van der Waals surface area contributed by atoms with Crippen LogP contribution < -0.4 is 9.47 Å². The Morgan fingerprint density at radius 3 is 2.43 bits per heavy atom. The molecule has 0 N–H and O–H groups in total. The van der Waals surface area contributed by atoms with Crippen LogP contribution >= 0.6 is 11.6 Å². The molecule has 21 heavy (non-hydrogen) atoms. The molecule has 0 spiro atoms. The molecule has 2 aromatic carbocycles. The lowest BCUT2D eigenvalue weighted by Crippen LogP contribution is -1.98. The van der Waals surface area contributed by atoms with E-state index in [1.54, 1.807) is 13.0 Å². The summed E-state index contributed by atoms with van der Waals surface area (Å²) in [5, 5.41) is -0.419. The van der Waals surface area contributed by atoms with Crippen molar-refractivity contribution in [2.75, 3.05) is 13.2 Å². The van der Waals surface area contributed by atoms with E-state index in [1.807, 2.05) is 24.3 Å². The molecule has 0 bridgehead atoms. The molecule has 0 amide bonds. The van der Waals surface area contributed by atoms with E-state index in [0.29, 0.717) is 24.5 Å². The molecule has 1 unspecified atom stereocenters. The molecule has 1 atom stereocenters. The van der Waals surface area contributed by atoms with Gasteiger partial charge in [0.25, 0.3) is 0 Å². The summed E-state index contributed by atoms with van der Waals surface area (Å²) in [7, 11) is 0. The molecule has 1 aliphatic heterocycles. The Labute approximate surface area is 128 Å². The first-order valence-corrected chi connectivity index (χ1v) is 7.38. The first kappa shape index (κ1) is 14.2. The molecule has 2 nitrogen and oxygen atoms in total. The van der Waals surface area contributed by atoms with Gasteiger partial charge in [0.1, 0.15) is 5.82 Å². The fourth-order valence-electron chi connectivity index (χ4n) is 2.30. The molecule has 0 fully saturated rings. The molecule has 1 aliphatic rings. The van der Waals surface area contributed by atoms with Crippen molar-refractivity contribution in [3.05, 3.63) is 58.9 Å². The van der Waals surface area contributed by atoms with Gasteiger partial charge in [-0.05, 0) is 41.8 Å². The molecular weight excluding hydrogens is 291 g/mol. The quantitative estimate of drug-likeness (QED) is 0.754. The van der Waals surface area contributed by atoms with E-state index >= 15 is 0 Å². The minimum absolute atomic E-state index is 0.243. The second-order valence-corrected chi connectivity index (χ2v) is 5.56. The SMILES string of the molecule is Cc1ccc(C(Cl)c2ccc3c(c2)OCCCO3)cc1F. The maximum atomic E-state index is 13.7. The van der Waals surface area contributed by atoms with Crippen LogP contribution in [0.1, 0.15) is 28.5 Å². The number of rotatable bonds is 2. The van der Waals surface area contributed by atoms with Crippen molar-refractivity contribution in [2.24, 2.45) is 0 Å². The molecule has 3 rings (SSSR count). The van der Waals surface area contributed by atoms with Crippen molar-refractivity contribution >= 4 is 11.6 Å². The van der Waals surface area contributed by atoms with E-state index in [-0.39, 0.29) is 5.82 Å². The van der Waals surface area contributed by atoms with E-state index in [0.717, 1.165) is 23.3 Å². The van der Waals surface area contributed by atoms with Gasteiger partial charge in [-0.1, -0.05) is 18.2 Å². The van der Waals surface area contributed by atoms with Crippen molar-refractivity contribution in [2.45, 2.75) is 18.7 Å². The summed E-state index contributed by atoms with van der Waals surface area (Å²) in [4.78, 5) is 0. The Kier molecular flexibility index (Phi) is 4.02. The van der Waals surface area contributed by atoms with Gasteiger partial charge in [0.2, 0.25) is 0 Å². The predicted octanol–water partition coefficient (Wildman–Crippen LogP) is 4.62. The molecule has 0 saturated heterocycles. The Morgan fingerprint density at radius 1 is 1.00 bits per heavy atom. The number of benzene rings is 2. The van der Waals surface area contributed by atoms with Crippen LogP contribution in [0.2, 0.25) is 0 Å². The zero-order valence-electron chi connectivity index (χ0n) is 11.7. The summed E-state index contributed by atoms with van der Waals surface area (Å²) < 4.78 is 24.9. The molecular formula is C17H16ClFO2. The normalized spacial score (nSPS) is 15.4. The second kappa shape index (κ2) is 5.94. The number of halogens is 2. The van der Waals surface area contributed by atoms with E-state index in [1.165, 1.54) is 6.07 Å². The van der Waals surface area contributed by atoms with Crippen LogP contribution in [-0.4, -0.2) is 13.2 Å². The molecule has 0 aliphatic carbocycles. The lowest BCUT2D eigenvalue weighted by Gasteiger charge is -2.14. The number of fused-ring (bicyclic) bond motifs is 1. The molecule has 1 heterocycles. The summed E-state index contributed by atoms with van der Waals surface area (Å²) in [6.45, 7) is 3.01. The van der Waals surface area contributed by atoms with Crippen molar-refractivity contribution in [3.8, 4) is 11.5 Å². The van der Waals surface area contributed by atoms with Crippen LogP contribution in [0.5, 0.6) is 11.5 Å². The van der Waals surface area contributed by atoms with Crippen molar-refractivity contribution in [1.29, 1.82) is 0 Å². The van der Waals surface area contributed by atoms with Gasteiger partial charge in [0.05, 0.1) is 18.6 Å². The van der Waals surface area contributed by atoms with Crippen LogP contribution in [0, 0.1) is 12.7 Å². The third kappa shape index (κ3) is 2.98. The number of hydrogen-bond donors (Lipinski definition) is 0. The Morgan fingerprint density at radius 2 is 1.67 bits per heavy atom. The van der Waals surface area contributed by atoms with Gasteiger partial charge < -0.3 is 9.47 Å². The van der Waals surface area contributed by atoms with Crippen LogP contribution in [0.4, 0.5) is 4.39 Å². The van der Waals surface area contributed by atoms with Gasteiger partial charge in [0, 0.05) is 6.42 Å². The number of ether oxygens (including phenoxy) is 2. The first-order chi connectivity index (χ1) is 10.1. The number of hydrogen-bond acceptors (Lipinski definition) is 2. The van der Waals surface area contributed by atoms with Gasteiger partial charge in [-0.15, -0.1) is 11.6 Å². The zero-order chi connectivity index (χ0) is 14.8. The smallest absolute Gasteiger partial charge is 0.161 e. The van der Waals surface area contributed by atoms with Crippen LogP contribution in [-0.2, 0) is 0 Å². The summed E-state index contributed by atoms with van der Waals surface area (Å²) in [6, 6.07) is 10.7. The average molecular weight is 307 g/mol. The van der Waals surface area contributed by atoms with Crippen molar-refractivity contribution < 1.29 is 13.9 Å². The highest BCUT2D eigenvalue weighted by Crippen LogP contribution is 2.36. The summed E-state index contributed by atoms with van der Waals surface area (Å²) >= 11 is 6.48. The standard InChI is InChI=1S/C17H16ClFO2/c1-11-3-4-12(9-14(11)19)17(18)13-5-6-15-16(10-13)21-8-2-7-20-15/h3-6,9-10,17H,2,7-8H2,1H3. The summed E-state index contributed by atoms with van der Waals surface area (Å²) in [6.07, 6.45) is 0.859. The maximum absolute atomic E-state index is 13.7. The van der Waals surface area contributed by atoms with Crippen LogP contribution in [0.25, 0.3) is 0 Å². The van der Waals surface area contributed by atoms with Crippen molar-refractivity contribution in [1.82, 2.24) is 0 Å².